The number of amides is 1. The molecule has 1 saturated carbocycles. The monoisotopic (exact) mass is 352 g/mol. The molecule has 1 atom stereocenters. The first-order chi connectivity index (χ1) is 12.7. The Balaban J connectivity index is 1.68. The number of carbonyl (C=O) groups excluding carboxylic acids is 1. The van der Waals surface area contributed by atoms with Crippen molar-refractivity contribution in [1.82, 2.24) is 15.3 Å². The lowest BCUT2D eigenvalue weighted by molar-refractivity contribution is 0.0939. The number of hydrogen-bond acceptors (Lipinski definition) is 4. The van der Waals surface area contributed by atoms with Crippen LogP contribution in [-0.2, 0) is 0 Å². The molecular formula is C21H28N4O. The number of aromatic nitrogens is 2. The summed E-state index contributed by atoms with van der Waals surface area (Å²) >= 11 is 0. The van der Waals surface area contributed by atoms with E-state index in [0.29, 0.717) is 11.6 Å². The molecule has 0 saturated heterocycles. The van der Waals surface area contributed by atoms with E-state index in [2.05, 4.69) is 27.5 Å². The van der Waals surface area contributed by atoms with Gasteiger partial charge in [0.15, 0.2) is 0 Å². The molecule has 2 aromatic rings. The molecule has 0 radical (unpaired) electrons. The van der Waals surface area contributed by atoms with Crippen LogP contribution in [0.2, 0.25) is 0 Å². The summed E-state index contributed by atoms with van der Waals surface area (Å²) in [6.07, 6.45) is 8.85. The number of rotatable bonds is 6. The molecule has 1 aliphatic carbocycles. The standard InChI is InChI=1S/C21H28N4O/c1-3-15(2)24-21(26)17-11-9-16(10-12-17)19-13-20(23-14-22-19)25-18-7-5-4-6-8-18/h9-15,18H,3-8H2,1-2H3,(H,24,26)(H,22,23,25). The van der Waals surface area contributed by atoms with Crippen molar-refractivity contribution in [2.24, 2.45) is 0 Å². The number of benzene rings is 1. The zero-order chi connectivity index (χ0) is 18.4. The first kappa shape index (κ1) is 18.4. The Hall–Kier alpha value is -2.43. The van der Waals surface area contributed by atoms with Gasteiger partial charge < -0.3 is 10.6 Å². The Morgan fingerprint density at radius 3 is 2.58 bits per heavy atom. The van der Waals surface area contributed by atoms with Crippen molar-refractivity contribution in [1.29, 1.82) is 0 Å². The Bertz CT molecular complexity index is 723. The van der Waals surface area contributed by atoms with Crippen LogP contribution in [0.3, 0.4) is 0 Å². The van der Waals surface area contributed by atoms with Gasteiger partial charge in [0.05, 0.1) is 5.69 Å². The predicted octanol–water partition coefficient (Wildman–Crippen LogP) is 4.42. The normalized spacial score (nSPS) is 16.1. The van der Waals surface area contributed by atoms with E-state index >= 15 is 0 Å². The van der Waals surface area contributed by atoms with Gasteiger partial charge in [0, 0.05) is 29.3 Å². The Labute approximate surface area is 155 Å². The molecule has 3 rings (SSSR count). The molecule has 1 aromatic carbocycles. The van der Waals surface area contributed by atoms with Crippen LogP contribution in [0, 0.1) is 0 Å². The molecule has 5 heteroatoms. The van der Waals surface area contributed by atoms with Gasteiger partial charge in [-0.2, -0.15) is 0 Å². The van der Waals surface area contributed by atoms with E-state index < -0.39 is 0 Å². The van der Waals surface area contributed by atoms with Crippen molar-refractivity contribution in [2.75, 3.05) is 5.32 Å². The maximum atomic E-state index is 12.2. The van der Waals surface area contributed by atoms with Crippen LogP contribution in [0.15, 0.2) is 36.7 Å². The van der Waals surface area contributed by atoms with E-state index in [1.807, 2.05) is 37.3 Å². The van der Waals surface area contributed by atoms with Crippen molar-refractivity contribution in [2.45, 2.75) is 64.5 Å². The van der Waals surface area contributed by atoms with Gasteiger partial charge in [-0.25, -0.2) is 9.97 Å². The molecule has 138 valence electrons. The third-order valence-electron chi connectivity index (χ3n) is 5.06. The highest BCUT2D eigenvalue weighted by Gasteiger charge is 2.14. The fourth-order valence-electron chi connectivity index (χ4n) is 3.25. The van der Waals surface area contributed by atoms with Gasteiger partial charge in [-0.3, -0.25) is 4.79 Å². The molecular weight excluding hydrogens is 324 g/mol. The lowest BCUT2D eigenvalue weighted by atomic mass is 9.95. The summed E-state index contributed by atoms with van der Waals surface area (Å²) in [5.41, 5.74) is 2.52. The highest BCUT2D eigenvalue weighted by atomic mass is 16.1. The van der Waals surface area contributed by atoms with Crippen LogP contribution < -0.4 is 10.6 Å². The number of nitrogens with zero attached hydrogens (tertiary/aromatic N) is 2. The first-order valence-corrected chi connectivity index (χ1v) is 9.65. The van der Waals surface area contributed by atoms with Crippen molar-refractivity contribution < 1.29 is 4.79 Å². The summed E-state index contributed by atoms with van der Waals surface area (Å²) in [5, 5.41) is 6.52. The largest absolute Gasteiger partial charge is 0.367 e. The van der Waals surface area contributed by atoms with Gasteiger partial charge in [0.2, 0.25) is 0 Å². The van der Waals surface area contributed by atoms with Crippen LogP contribution in [0.25, 0.3) is 11.3 Å². The number of anilines is 1. The minimum absolute atomic E-state index is 0.0340. The van der Waals surface area contributed by atoms with Crippen LogP contribution in [0.4, 0.5) is 5.82 Å². The van der Waals surface area contributed by atoms with Gasteiger partial charge in [-0.1, -0.05) is 38.3 Å². The fraction of sp³-hybridized carbons (Fsp3) is 0.476. The van der Waals surface area contributed by atoms with Crippen LogP contribution >= 0.6 is 0 Å². The van der Waals surface area contributed by atoms with Gasteiger partial charge in [-0.15, -0.1) is 0 Å². The Kier molecular flexibility index (Phi) is 6.21. The molecule has 0 aliphatic heterocycles. The summed E-state index contributed by atoms with van der Waals surface area (Å²) in [6.45, 7) is 4.07. The maximum absolute atomic E-state index is 12.2. The molecule has 0 spiro atoms. The smallest absolute Gasteiger partial charge is 0.251 e. The zero-order valence-corrected chi connectivity index (χ0v) is 15.7. The molecule has 0 bridgehead atoms. The minimum atomic E-state index is -0.0340. The molecule has 2 N–H and O–H groups in total. The quantitative estimate of drug-likeness (QED) is 0.808. The molecule has 26 heavy (non-hydrogen) atoms. The molecule has 5 nitrogen and oxygen atoms in total. The van der Waals surface area contributed by atoms with Crippen LogP contribution in [0.5, 0.6) is 0 Å². The van der Waals surface area contributed by atoms with Crippen molar-refractivity contribution in [3.05, 3.63) is 42.2 Å². The predicted molar refractivity (Wildman–Crippen MR) is 105 cm³/mol. The number of hydrogen-bond donors (Lipinski definition) is 2. The summed E-state index contributed by atoms with van der Waals surface area (Å²) in [6, 6.07) is 10.3. The third-order valence-corrected chi connectivity index (χ3v) is 5.06. The lowest BCUT2D eigenvalue weighted by Crippen LogP contribution is -2.31. The second-order valence-corrected chi connectivity index (χ2v) is 7.13. The summed E-state index contributed by atoms with van der Waals surface area (Å²) < 4.78 is 0. The fourth-order valence-corrected chi connectivity index (χ4v) is 3.25. The van der Waals surface area contributed by atoms with Crippen molar-refractivity contribution in [3.63, 3.8) is 0 Å². The van der Waals surface area contributed by atoms with E-state index in [-0.39, 0.29) is 11.9 Å². The highest BCUT2D eigenvalue weighted by molar-refractivity contribution is 5.94. The third kappa shape index (κ3) is 4.81. The highest BCUT2D eigenvalue weighted by Crippen LogP contribution is 2.23. The zero-order valence-electron chi connectivity index (χ0n) is 15.7. The van der Waals surface area contributed by atoms with Gasteiger partial charge >= 0.3 is 0 Å². The topological polar surface area (TPSA) is 66.9 Å². The lowest BCUT2D eigenvalue weighted by Gasteiger charge is -2.23. The van der Waals surface area contributed by atoms with E-state index in [4.69, 9.17) is 0 Å². The molecule has 1 unspecified atom stereocenters. The Morgan fingerprint density at radius 2 is 1.88 bits per heavy atom. The van der Waals surface area contributed by atoms with E-state index in [0.717, 1.165) is 23.5 Å². The Morgan fingerprint density at radius 1 is 1.15 bits per heavy atom. The second kappa shape index (κ2) is 8.79. The van der Waals surface area contributed by atoms with E-state index in [1.165, 1.54) is 32.1 Å². The van der Waals surface area contributed by atoms with Gasteiger partial charge in [0.25, 0.3) is 5.91 Å². The maximum Gasteiger partial charge on any atom is 0.251 e. The molecule has 1 aliphatic rings. The van der Waals surface area contributed by atoms with Crippen molar-refractivity contribution >= 4 is 11.7 Å². The number of nitrogens with one attached hydrogen (secondary N) is 2. The van der Waals surface area contributed by atoms with Crippen molar-refractivity contribution in [3.8, 4) is 11.3 Å². The van der Waals surface area contributed by atoms with E-state index in [1.54, 1.807) is 6.33 Å². The summed E-state index contributed by atoms with van der Waals surface area (Å²) in [4.78, 5) is 20.9. The minimum Gasteiger partial charge on any atom is -0.367 e. The molecule has 1 heterocycles. The molecule has 1 aromatic heterocycles. The number of carbonyl (C=O) groups is 1. The average molecular weight is 352 g/mol. The second-order valence-electron chi connectivity index (χ2n) is 7.13. The van der Waals surface area contributed by atoms with Gasteiger partial charge in [0.1, 0.15) is 12.1 Å². The van der Waals surface area contributed by atoms with E-state index in [9.17, 15) is 4.79 Å². The summed E-state index contributed by atoms with van der Waals surface area (Å²) in [7, 11) is 0. The molecule has 1 fully saturated rings. The summed E-state index contributed by atoms with van der Waals surface area (Å²) in [5.74, 6) is 0.841. The van der Waals surface area contributed by atoms with Gasteiger partial charge in [-0.05, 0) is 38.3 Å². The van der Waals surface area contributed by atoms with Crippen LogP contribution in [0.1, 0.15) is 62.7 Å². The first-order valence-electron chi connectivity index (χ1n) is 9.65. The van der Waals surface area contributed by atoms with Crippen LogP contribution in [-0.4, -0.2) is 28.0 Å². The SMILES string of the molecule is CCC(C)NC(=O)c1ccc(-c2cc(NC3CCCCC3)ncn2)cc1. The average Bonchev–Trinajstić information content (AvgIpc) is 2.69. The molecule has 1 amide bonds.